The molecule has 0 radical (unpaired) electrons. The van der Waals surface area contributed by atoms with E-state index in [0.717, 1.165) is 16.3 Å². The summed E-state index contributed by atoms with van der Waals surface area (Å²) in [4.78, 5) is 8.40. The Bertz CT molecular complexity index is 299. The first-order valence-corrected chi connectivity index (χ1v) is 5.77. The van der Waals surface area contributed by atoms with E-state index in [1.165, 1.54) is 19.3 Å². The molecule has 0 aliphatic heterocycles. The fourth-order valence-electron chi connectivity index (χ4n) is 1.91. The summed E-state index contributed by atoms with van der Waals surface area (Å²) in [6.45, 7) is 2.30. The number of hydrogen-bond acceptors (Lipinski definition) is 3. The Kier molecular flexibility index (Phi) is 3.01. The lowest BCUT2D eigenvalue weighted by Gasteiger charge is -2.11. The molecule has 76 valence electrons. The quantitative estimate of drug-likeness (QED) is 0.884. The van der Waals surface area contributed by atoms with Gasteiger partial charge in [-0.25, -0.2) is 9.97 Å². The largest absolute Gasteiger partial charge is 0.351 e. The number of hydrogen-bond donors (Lipinski definition) is 1. The van der Waals surface area contributed by atoms with Crippen LogP contribution in [0.15, 0.2) is 16.9 Å². The van der Waals surface area contributed by atoms with Crippen LogP contribution in [-0.4, -0.2) is 16.0 Å². The molecule has 1 aliphatic carbocycles. The highest BCUT2D eigenvalue weighted by Gasteiger charge is 2.21. The molecule has 2 atom stereocenters. The van der Waals surface area contributed by atoms with Crippen molar-refractivity contribution in [3.8, 4) is 0 Å². The van der Waals surface area contributed by atoms with Crippen molar-refractivity contribution in [1.82, 2.24) is 9.97 Å². The summed E-state index contributed by atoms with van der Waals surface area (Å²) in [6, 6.07) is 0.561. The molecule has 1 aromatic heterocycles. The molecule has 1 heterocycles. The van der Waals surface area contributed by atoms with Crippen LogP contribution in [0.4, 0.5) is 5.95 Å². The zero-order valence-electron chi connectivity index (χ0n) is 8.20. The Balaban J connectivity index is 1.94. The predicted molar refractivity (Wildman–Crippen MR) is 60.2 cm³/mol. The van der Waals surface area contributed by atoms with Crippen molar-refractivity contribution < 1.29 is 0 Å². The molecule has 1 aliphatic rings. The average Bonchev–Trinajstić information content (AvgIpc) is 2.56. The highest BCUT2D eigenvalue weighted by atomic mass is 79.9. The van der Waals surface area contributed by atoms with Gasteiger partial charge >= 0.3 is 0 Å². The minimum Gasteiger partial charge on any atom is -0.351 e. The van der Waals surface area contributed by atoms with Crippen molar-refractivity contribution in [2.45, 2.75) is 32.2 Å². The molecule has 1 saturated carbocycles. The van der Waals surface area contributed by atoms with E-state index in [2.05, 4.69) is 38.1 Å². The minimum absolute atomic E-state index is 0.561. The summed E-state index contributed by atoms with van der Waals surface area (Å²) in [5.74, 6) is 1.58. The van der Waals surface area contributed by atoms with E-state index in [4.69, 9.17) is 0 Å². The van der Waals surface area contributed by atoms with Crippen LogP contribution in [0.1, 0.15) is 26.2 Å². The molecule has 0 spiro atoms. The second kappa shape index (κ2) is 4.26. The van der Waals surface area contributed by atoms with Crippen LogP contribution >= 0.6 is 15.9 Å². The lowest BCUT2D eigenvalue weighted by atomic mass is 10.1. The van der Waals surface area contributed by atoms with Gasteiger partial charge < -0.3 is 5.32 Å². The van der Waals surface area contributed by atoms with Gasteiger partial charge in [0.2, 0.25) is 5.95 Å². The first-order valence-electron chi connectivity index (χ1n) is 4.98. The lowest BCUT2D eigenvalue weighted by molar-refractivity contribution is 0.601. The third-order valence-electron chi connectivity index (χ3n) is 2.65. The van der Waals surface area contributed by atoms with Crippen molar-refractivity contribution in [3.05, 3.63) is 16.9 Å². The van der Waals surface area contributed by atoms with Crippen molar-refractivity contribution in [3.63, 3.8) is 0 Å². The lowest BCUT2D eigenvalue weighted by Crippen LogP contribution is -2.17. The third kappa shape index (κ3) is 2.44. The Labute approximate surface area is 92.5 Å². The highest BCUT2D eigenvalue weighted by molar-refractivity contribution is 9.10. The maximum absolute atomic E-state index is 4.20. The van der Waals surface area contributed by atoms with E-state index in [0.29, 0.717) is 6.04 Å². The van der Waals surface area contributed by atoms with E-state index < -0.39 is 0 Å². The van der Waals surface area contributed by atoms with E-state index in [9.17, 15) is 0 Å². The topological polar surface area (TPSA) is 37.8 Å². The van der Waals surface area contributed by atoms with E-state index in [1.54, 1.807) is 12.4 Å². The van der Waals surface area contributed by atoms with E-state index >= 15 is 0 Å². The second-order valence-electron chi connectivity index (χ2n) is 3.98. The first-order chi connectivity index (χ1) is 6.74. The molecule has 4 heteroatoms. The van der Waals surface area contributed by atoms with Crippen LogP contribution in [0.25, 0.3) is 0 Å². The summed E-state index contributed by atoms with van der Waals surface area (Å²) in [6.07, 6.45) is 7.33. The monoisotopic (exact) mass is 255 g/mol. The third-order valence-corrected chi connectivity index (χ3v) is 3.06. The number of aromatic nitrogens is 2. The van der Waals surface area contributed by atoms with Gasteiger partial charge in [-0.15, -0.1) is 0 Å². The van der Waals surface area contributed by atoms with Crippen molar-refractivity contribution in [2.75, 3.05) is 5.32 Å². The molecule has 3 nitrogen and oxygen atoms in total. The van der Waals surface area contributed by atoms with Gasteiger partial charge in [0.05, 0.1) is 4.47 Å². The molecule has 1 aromatic rings. The summed E-state index contributed by atoms with van der Waals surface area (Å²) in [7, 11) is 0. The van der Waals surface area contributed by atoms with E-state index in [1.807, 2.05) is 0 Å². The molecular weight excluding hydrogens is 242 g/mol. The zero-order chi connectivity index (χ0) is 9.97. The minimum atomic E-state index is 0.561. The van der Waals surface area contributed by atoms with Gasteiger partial charge in [0, 0.05) is 18.4 Å². The van der Waals surface area contributed by atoms with Gasteiger partial charge in [-0.3, -0.25) is 0 Å². The van der Waals surface area contributed by atoms with Crippen molar-refractivity contribution >= 4 is 21.9 Å². The molecule has 0 aromatic carbocycles. The molecule has 2 rings (SSSR count). The van der Waals surface area contributed by atoms with Gasteiger partial charge in [-0.1, -0.05) is 6.92 Å². The Morgan fingerprint density at radius 1 is 1.36 bits per heavy atom. The van der Waals surface area contributed by atoms with Crippen LogP contribution in [0.5, 0.6) is 0 Å². The summed E-state index contributed by atoms with van der Waals surface area (Å²) < 4.78 is 0.919. The normalized spacial score (nSPS) is 26.4. The number of rotatable bonds is 2. The highest BCUT2D eigenvalue weighted by Crippen LogP contribution is 2.26. The molecule has 1 N–H and O–H groups in total. The van der Waals surface area contributed by atoms with Gasteiger partial charge in [0.25, 0.3) is 0 Å². The van der Waals surface area contributed by atoms with Gasteiger partial charge in [0.1, 0.15) is 0 Å². The van der Waals surface area contributed by atoms with Crippen molar-refractivity contribution in [2.24, 2.45) is 5.92 Å². The zero-order valence-corrected chi connectivity index (χ0v) is 9.79. The molecular formula is C10H14BrN3. The molecule has 1 fully saturated rings. The maximum Gasteiger partial charge on any atom is 0.222 e. The van der Waals surface area contributed by atoms with Crippen LogP contribution in [0.2, 0.25) is 0 Å². The number of nitrogens with zero attached hydrogens (tertiary/aromatic N) is 2. The fraction of sp³-hybridized carbons (Fsp3) is 0.600. The SMILES string of the molecule is CC1CCC(Nc2ncc(Br)cn2)C1. The van der Waals surface area contributed by atoms with Crippen LogP contribution < -0.4 is 5.32 Å². The second-order valence-corrected chi connectivity index (χ2v) is 4.90. The molecule has 0 amide bonds. The Morgan fingerprint density at radius 2 is 2.07 bits per heavy atom. The summed E-state index contributed by atoms with van der Waals surface area (Å²) in [5, 5.41) is 3.36. The number of nitrogens with one attached hydrogen (secondary N) is 1. The van der Waals surface area contributed by atoms with E-state index in [-0.39, 0.29) is 0 Å². The predicted octanol–water partition coefficient (Wildman–Crippen LogP) is 2.84. The molecule has 0 saturated heterocycles. The van der Waals surface area contributed by atoms with Gasteiger partial charge in [0.15, 0.2) is 0 Å². The first kappa shape index (κ1) is 9.90. The number of anilines is 1. The standard InChI is InChI=1S/C10H14BrN3/c1-7-2-3-9(4-7)14-10-12-5-8(11)6-13-10/h5-7,9H,2-4H2,1H3,(H,12,13,14). The van der Waals surface area contributed by atoms with Crippen LogP contribution in [-0.2, 0) is 0 Å². The smallest absolute Gasteiger partial charge is 0.222 e. The van der Waals surface area contributed by atoms with Crippen LogP contribution in [0, 0.1) is 5.92 Å². The summed E-state index contributed by atoms with van der Waals surface area (Å²) in [5.41, 5.74) is 0. The Morgan fingerprint density at radius 3 is 2.64 bits per heavy atom. The van der Waals surface area contributed by atoms with Gasteiger partial charge in [-0.2, -0.15) is 0 Å². The Hall–Kier alpha value is -0.640. The van der Waals surface area contributed by atoms with Crippen molar-refractivity contribution in [1.29, 1.82) is 0 Å². The maximum atomic E-state index is 4.20. The average molecular weight is 256 g/mol. The number of halogens is 1. The molecule has 14 heavy (non-hydrogen) atoms. The fourth-order valence-corrected chi connectivity index (χ4v) is 2.11. The van der Waals surface area contributed by atoms with Crippen LogP contribution in [0.3, 0.4) is 0 Å². The van der Waals surface area contributed by atoms with Gasteiger partial charge in [-0.05, 0) is 41.1 Å². The summed E-state index contributed by atoms with van der Waals surface area (Å²) >= 11 is 3.31. The molecule has 2 unspecified atom stereocenters. The molecule has 0 bridgehead atoms.